The van der Waals surface area contributed by atoms with Crippen LogP contribution >= 0.6 is 11.6 Å². The number of non-ortho nitro benzene ring substituents is 1. The molecule has 8 nitrogen and oxygen atoms in total. The van der Waals surface area contributed by atoms with Crippen LogP contribution in [0, 0.1) is 10.1 Å². The molecule has 1 amide bonds. The van der Waals surface area contributed by atoms with Crippen molar-refractivity contribution in [2.24, 2.45) is 0 Å². The Morgan fingerprint density at radius 2 is 2.03 bits per heavy atom. The van der Waals surface area contributed by atoms with Gasteiger partial charge in [0.25, 0.3) is 11.6 Å². The van der Waals surface area contributed by atoms with Crippen molar-refractivity contribution >= 4 is 23.2 Å². The molecule has 0 bridgehead atoms. The van der Waals surface area contributed by atoms with Gasteiger partial charge in [-0.25, -0.2) is 0 Å². The lowest BCUT2D eigenvalue weighted by molar-refractivity contribution is -0.384. The number of carbonyl (C=O) groups excluding carboxylic acids is 1. The van der Waals surface area contributed by atoms with Crippen molar-refractivity contribution in [3.63, 3.8) is 0 Å². The van der Waals surface area contributed by atoms with Crippen molar-refractivity contribution in [3.8, 4) is 11.3 Å². The highest BCUT2D eigenvalue weighted by Crippen LogP contribution is 2.43. The third kappa shape index (κ3) is 3.55. The Bertz CT molecular complexity index is 1100. The Morgan fingerprint density at radius 1 is 1.27 bits per heavy atom. The number of aromatic nitrogens is 2. The van der Waals surface area contributed by atoms with E-state index >= 15 is 0 Å². The molecule has 0 radical (unpaired) electrons. The number of hydrogen-bond donors (Lipinski definition) is 1. The van der Waals surface area contributed by atoms with E-state index in [-0.39, 0.29) is 17.6 Å². The predicted molar refractivity (Wildman–Crippen MR) is 112 cm³/mol. The first-order valence-electron chi connectivity index (χ1n) is 9.39. The highest BCUT2D eigenvalue weighted by molar-refractivity contribution is 6.30. The summed E-state index contributed by atoms with van der Waals surface area (Å²) in [5.41, 5.74) is 3.06. The minimum absolute atomic E-state index is 0.0337. The van der Waals surface area contributed by atoms with Crippen LogP contribution in [-0.4, -0.2) is 46.2 Å². The first-order valence-corrected chi connectivity index (χ1v) is 9.77. The summed E-state index contributed by atoms with van der Waals surface area (Å²) >= 11 is 6.06. The van der Waals surface area contributed by atoms with Gasteiger partial charge in [-0.2, -0.15) is 5.10 Å². The smallest absolute Gasteiger partial charge is 0.273 e. The van der Waals surface area contributed by atoms with Gasteiger partial charge >= 0.3 is 0 Å². The van der Waals surface area contributed by atoms with Crippen LogP contribution in [0.25, 0.3) is 11.3 Å². The normalized spacial score (nSPS) is 15.5. The predicted octanol–water partition coefficient (Wildman–Crippen LogP) is 4.22. The molecule has 3 aromatic rings. The number of nitrogens with zero attached hydrogens (tertiary/aromatic N) is 3. The van der Waals surface area contributed by atoms with Crippen LogP contribution in [0.15, 0.2) is 48.5 Å². The molecule has 1 aliphatic heterocycles. The Kier molecular flexibility index (Phi) is 5.52. The van der Waals surface area contributed by atoms with Crippen LogP contribution in [0.4, 0.5) is 5.69 Å². The summed E-state index contributed by atoms with van der Waals surface area (Å²) in [5.74, 6) is -0.162. The molecule has 0 saturated carbocycles. The number of carbonyl (C=O) groups is 1. The molecule has 2 heterocycles. The van der Waals surface area contributed by atoms with Crippen LogP contribution in [0.1, 0.15) is 34.1 Å². The molecule has 0 fully saturated rings. The number of aromatic amines is 1. The average Bonchev–Trinajstić information content (AvgIpc) is 3.29. The molecule has 0 saturated heterocycles. The van der Waals surface area contributed by atoms with Gasteiger partial charge < -0.3 is 9.64 Å². The Labute approximate surface area is 177 Å². The molecule has 1 N–H and O–H groups in total. The van der Waals surface area contributed by atoms with E-state index in [0.717, 1.165) is 5.56 Å². The fourth-order valence-corrected chi connectivity index (χ4v) is 3.91. The molecule has 154 valence electrons. The van der Waals surface area contributed by atoms with Crippen LogP contribution in [0.5, 0.6) is 0 Å². The topological polar surface area (TPSA) is 101 Å². The molecule has 0 spiro atoms. The molecule has 2 aromatic carbocycles. The Morgan fingerprint density at radius 3 is 2.73 bits per heavy atom. The van der Waals surface area contributed by atoms with E-state index in [1.165, 1.54) is 12.1 Å². The van der Waals surface area contributed by atoms with Gasteiger partial charge in [0.15, 0.2) is 0 Å². The summed E-state index contributed by atoms with van der Waals surface area (Å²) in [6, 6.07) is 13.2. The van der Waals surface area contributed by atoms with E-state index in [4.69, 9.17) is 16.3 Å². The summed E-state index contributed by atoms with van der Waals surface area (Å²) < 4.78 is 5.14. The zero-order valence-corrected chi connectivity index (χ0v) is 16.9. The summed E-state index contributed by atoms with van der Waals surface area (Å²) in [6.07, 6.45) is 0.677. The fraction of sp³-hybridized carbons (Fsp3) is 0.238. The third-order valence-corrected chi connectivity index (χ3v) is 5.38. The highest BCUT2D eigenvalue weighted by Gasteiger charge is 2.41. The van der Waals surface area contributed by atoms with Gasteiger partial charge in [-0.15, -0.1) is 0 Å². The molecule has 30 heavy (non-hydrogen) atoms. The number of halogens is 1. The fourth-order valence-electron chi connectivity index (χ4n) is 3.78. The third-order valence-electron chi connectivity index (χ3n) is 5.13. The number of hydrogen-bond acceptors (Lipinski definition) is 5. The van der Waals surface area contributed by atoms with Gasteiger partial charge in [-0.3, -0.25) is 20.0 Å². The van der Waals surface area contributed by atoms with Crippen LogP contribution in [0.3, 0.4) is 0 Å². The summed E-state index contributed by atoms with van der Waals surface area (Å²) in [4.78, 5) is 25.7. The monoisotopic (exact) mass is 426 g/mol. The second-order valence-corrected chi connectivity index (χ2v) is 7.40. The molecular formula is C21H19ClN4O4. The minimum Gasteiger partial charge on any atom is -0.385 e. The maximum atomic E-state index is 13.1. The van der Waals surface area contributed by atoms with Crippen molar-refractivity contribution in [2.45, 2.75) is 12.5 Å². The maximum absolute atomic E-state index is 13.1. The largest absolute Gasteiger partial charge is 0.385 e. The molecule has 1 aromatic heterocycles. The first-order chi connectivity index (χ1) is 14.5. The van der Waals surface area contributed by atoms with E-state index in [1.807, 2.05) is 12.1 Å². The number of benzene rings is 2. The number of amides is 1. The highest BCUT2D eigenvalue weighted by atomic mass is 35.5. The first kappa shape index (κ1) is 20.1. The number of rotatable bonds is 7. The molecule has 1 unspecified atom stereocenters. The van der Waals surface area contributed by atoms with Gasteiger partial charge in [0.1, 0.15) is 5.69 Å². The molecule has 1 atom stereocenters. The van der Waals surface area contributed by atoms with Gasteiger partial charge in [-0.1, -0.05) is 35.9 Å². The van der Waals surface area contributed by atoms with E-state index in [9.17, 15) is 14.9 Å². The van der Waals surface area contributed by atoms with Crippen LogP contribution in [-0.2, 0) is 4.74 Å². The lowest BCUT2D eigenvalue weighted by Crippen LogP contribution is -2.31. The number of methoxy groups -OCH3 is 1. The van der Waals surface area contributed by atoms with Gasteiger partial charge in [0.05, 0.1) is 16.7 Å². The number of nitro groups is 1. The molecule has 1 aliphatic rings. The maximum Gasteiger partial charge on any atom is 0.273 e. The Hall–Kier alpha value is -3.23. The molecule has 9 heteroatoms. The van der Waals surface area contributed by atoms with Crippen molar-refractivity contribution in [2.75, 3.05) is 20.3 Å². The van der Waals surface area contributed by atoms with Crippen LogP contribution in [0.2, 0.25) is 5.02 Å². The lowest BCUT2D eigenvalue weighted by Gasteiger charge is -2.26. The van der Waals surface area contributed by atoms with Gasteiger partial charge in [0.2, 0.25) is 0 Å². The van der Waals surface area contributed by atoms with Gasteiger partial charge in [0, 0.05) is 48.5 Å². The van der Waals surface area contributed by atoms with Crippen LogP contribution < -0.4 is 0 Å². The Balaban J connectivity index is 1.82. The number of nitrogens with one attached hydrogen (secondary N) is 1. The van der Waals surface area contributed by atoms with E-state index in [1.54, 1.807) is 36.3 Å². The summed E-state index contributed by atoms with van der Waals surface area (Å²) in [6.45, 7) is 1.03. The van der Waals surface area contributed by atoms with E-state index in [2.05, 4.69) is 10.2 Å². The standard InChI is InChI=1S/C21H19ClN4O4/c1-30-11-3-10-25-20(13-6-8-15(22)9-7-13)17-18(23-24-19(17)21(25)27)14-4-2-5-16(12-14)26(28)29/h2,4-9,12,20H,3,10-11H2,1H3,(H,23,24). The zero-order valence-electron chi connectivity index (χ0n) is 16.2. The SMILES string of the molecule is COCCCN1C(=O)c2[nH]nc(-c3cccc([N+](=O)[O-])c3)c2C1c1ccc(Cl)cc1. The second-order valence-electron chi connectivity index (χ2n) is 6.97. The summed E-state index contributed by atoms with van der Waals surface area (Å²) in [7, 11) is 1.62. The number of H-pyrrole nitrogens is 1. The quantitative estimate of drug-likeness (QED) is 0.346. The number of ether oxygens (including phenoxy) is 1. The minimum atomic E-state index is -0.449. The molecule has 0 aliphatic carbocycles. The van der Waals surface area contributed by atoms with Crippen molar-refractivity contribution in [3.05, 3.63) is 80.5 Å². The van der Waals surface area contributed by atoms with E-state index < -0.39 is 4.92 Å². The second kappa shape index (κ2) is 8.25. The van der Waals surface area contributed by atoms with Crippen molar-refractivity contribution < 1.29 is 14.5 Å². The van der Waals surface area contributed by atoms with Crippen molar-refractivity contribution in [1.29, 1.82) is 0 Å². The molecular weight excluding hydrogens is 408 g/mol. The van der Waals surface area contributed by atoms with Gasteiger partial charge in [-0.05, 0) is 24.1 Å². The lowest BCUT2D eigenvalue weighted by atomic mass is 9.96. The van der Waals surface area contributed by atoms with E-state index in [0.29, 0.717) is 47.1 Å². The number of fused-ring (bicyclic) bond motifs is 1. The number of nitro benzene ring substituents is 1. The average molecular weight is 427 g/mol. The molecule has 4 rings (SSSR count). The zero-order chi connectivity index (χ0) is 21.3. The van der Waals surface area contributed by atoms with Crippen molar-refractivity contribution in [1.82, 2.24) is 15.1 Å². The summed E-state index contributed by atoms with van der Waals surface area (Å²) in [5, 5.41) is 19.0.